The van der Waals surface area contributed by atoms with E-state index in [0.717, 1.165) is 22.4 Å². The molecule has 1 aromatic heterocycles. The van der Waals surface area contributed by atoms with Gasteiger partial charge in [0, 0.05) is 30.4 Å². The molecule has 2 aromatic carbocycles. The van der Waals surface area contributed by atoms with Crippen molar-refractivity contribution in [2.24, 2.45) is 5.73 Å². The number of nitrogens with one attached hydrogen (secondary N) is 1. The van der Waals surface area contributed by atoms with Crippen molar-refractivity contribution >= 4 is 5.91 Å². The van der Waals surface area contributed by atoms with Crippen LogP contribution in [0.5, 0.6) is 11.5 Å². The maximum atomic E-state index is 12.9. The molecule has 7 heteroatoms. The van der Waals surface area contributed by atoms with Gasteiger partial charge in [-0.15, -0.1) is 0 Å². The summed E-state index contributed by atoms with van der Waals surface area (Å²) < 4.78 is 5.75. The van der Waals surface area contributed by atoms with E-state index in [9.17, 15) is 9.90 Å². The summed E-state index contributed by atoms with van der Waals surface area (Å²) in [6.45, 7) is 3.07. The molecular formula is C22H24N4O3. The molecule has 4 rings (SSSR count). The molecule has 1 amide bonds. The van der Waals surface area contributed by atoms with E-state index < -0.39 is 6.04 Å². The molecule has 1 aliphatic rings. The minimum atomic E-state index is -0.675. The van der Waals surface area contributed by atoms with Crippen LogP contribution < -0.4 is 10.5 Å². The molecule has 3 aromatic rings. The van der Waals surface area contributed by atoms with Crippen molar-refractivity contribution in [1.29, 1.82) is 0 Å². The second-order valence-corrected chi connectivity index (χ2v) is 7.35. The number of ether oxygens (including phenoxy) is 1. The maximum absolute atomic E-state index is 12.9. The van der Waals surface area contributed by atoms with E-state index in [0.29, 0.717) is 31.9 Å². The lowest BCUT2D eigenvalue weighted by molar-refractivity contribution is -0.133. The third kappa shape index (κ3) is 4.09. The highest BCUT2D eigenvalue weighted by Crippen LogP contribution is 2.37. The zero-order valence-corrected chi connectivity index (χ0v) is 16.3. The van der Waals surface area contributed by atoms with Crippen molar-refractivity contribution in [2.75, 3.05) is 13.2 Å². The largest absolute Gasteiger partial charge is 0.504 e. The van der Waals surface area contributed by atoms with Crippen molar-refractivity contribution in [1.82, 2.24) is 14.9 Å². The van der Waals surface area contributed by atoms with Gasteiger partial charge in [-0.05, 0) is 30.2 Å². The molecule has 0 saturated carbocycles. The summed E-state index contributed by atoms with van der Waals surface area (Å²) in [7, 11) is 0. The Kier molecular flexibility index (Phi) is 5.22. The molecule has 150 valence electrons. The van der Waals surface area contributed by atoms with Gasteiger partial charge in [-0.3, -0.25) is 4.79 Å². The summed E-state index contributed by atoms with van der Waals surface area (Å²) in [5, 5.41) is 10.5. The molecule has 29 heavy (non-hydrogen) atoms. The number of hydrogen-bond donors (Lipinski definition) is 3. The summed E-state index contributed by atoms with van der Waals surface area (Å²) in [5.41, 5.74) is 10.8. The Morgan fingerprint density at radius 1 is 1.31 bits per heavy atom. The Morgan fingerprint density at radius 2 is 2.10 bits per heavy atom. The molecule has 1 aliphatic heterocycles. The van der Waals surface area contributed by atoms with Gasteiger partial charge in [-0.25, -0.2) is 4.98 Å². The summed E-state index contributed by atoms with van der Waals surface area (Å²) in [5.74, 6) is 0.351. The Morgan fingerprint density at radius 3 is 2.83 bits per heavy atom. The number of aromatic amines is 1. The Bertz CT molecular complexity index is 1000. The van der Waals surface area contributed by atoms with Crippen molar-refractivity contribution in [3.63, 3.8) is 0 Å². The standard InChI is InChI=1S/C22H24N4O3/c1-14-2-4-15(5-3-14)16-8-17-12-26(6-7-29-21(17)20(27)9-16)22(28)19(23)10-18-11-24-13-25-18/h2-5,8-9,11,13,19,27H,6-7,10,12,23H2,1H3,(H,24,25)/t19-/m0/s1. The van der Waals surface area contributed by atoms with Gasteiger partial charge in [0.05, 0.1) is 18.9 Å². The quantitative estimate of drug-likeness (QED) is 0.632. The lowest BCUT2D eigenvalue weighted by atomic mass is 10.0. The minimum absolute atomic E-state index is 0.0779. The topological polar surface area (TPSA) is 104 Å². The average Bonchev–Trinajstić information content (AvgIpc) is 3.11. The summed E-state index contributed by atoms with van der Waals surface area (Å²) in [6.07, 6.45) is 3.62. The van der Waals surface area contributed by atoms with Crippen LogP contribution in [0.4, 0.5) is 0 Å². The van der Waals surface area contributed by atoms with E-state index in [1.807, 2.05) is 37.3 Å². The number of fused-ring (bicyclic) bond motifs is 1. The van der Waals surface area contributed by atoms with E-state index >= 15 is 0 Å². The van der Waals surface area contributed by atoms with Crippen LogP contribution in [0.2, 0.25) is 0 Å². The highest BCUT2D eigenvalue weighted by Gasteiger charge is 2.26. The molecule has 0 aliphatic carbocycles. The van der Waals surface area contributed by atoms with Crippen molar-refractivity contribution in [3.8, 4) is 22.6 Å². The van der Waals surface area contributed by atoms with Crippen LogP contribution in [0.3, 0.4) is 0 Å². The van der Waals surface area contributed by atoms with Crippen LogP contribution >= 0.6 is 0 Å². The molecule has 4 N–H and O–H groups in total. The van der Waals surface area contributed by atoms with Crippen LogP contribution in [0, 0.1) is 6.92 Å². The summed E-state index contributed by atoms with van der Waals surface area (Å²) in [6, 6.07) is 11.1. The van der Waals surface area contributed by atoms with Gasteiger partial charge >= 0.3 is 0 Å². The maximum Gasteiger partial charge on any atom is 0.240 e. The number of aryl methyl sites for hydroxylation is 1. The molecular weight excluding hydrogens is 368 g/mol. The summed E-state index contributed by atoms with van der Waals surface area (Å²) in [4.78, 5) is 21.5. The van der Waals surface area contributed by atoms with E-state index in [-0.39, 0.29) is 11.7 Å². The fourth-order valence-corrected chi connectivity index (χ4v) is 3.55. The Hall–Kier alpha value is -3.32. The van der Waals surface area contributed by atoms with Crippen molar-refractivity contribution in [2.45, 2.75) is 25.9 Å². The van der Waals surface area contributed by atoms with Crippen LogP contribution in [0.25, 0.3) is 11.1 Å². The van der Waals surface area contributed by atoms with E-state index in [4.69, 9.17) is 10.5 Å². The molecule has 0 bridgehead atoms. The molecule has 2 heterocycles. The zero-order chi connectivity index (χ0) is 20.4. The second kappa shape index (κ2) is 7.97. The first-order chi connectivity index (χ1) is 14.0. The van der Waals surface area contributed by atoms with Gasteiger partial charge < -0.3 is 25.5 Å². The number of imidazole rings is 1. The van der Waals surface area contributed by atoms with Crippen molar-refractivity contribution < 1.29 is 14.6 Å². The Labute approximate surface area is 169 Å². The van der Waals surface area contributed by atoms with Crippen LogP contribution in [-0.2, 0) is 17.8 Å². The number of phenols is 1. The molecule has 0 spiro atoms. The molecule has 0 radical (unpaired) electrons. The normalized spacial score (nSPS) is 14.6. The third-order valence-electron chi connectivity index (χ3n) is 5.12. The minimum Gasteiger partial charge on any atom is -0.504 e. The first-order valence-corrected chi connectivity index (χ1v) is 9.58. The number of hydrogen-bond acceptors (Lipinski definition) is 5. The molecule has 0 unspecified atom stereocenters. The first kappa shape index (κ1) is 19.0. The molecule has 1 atom stereocenters. The number of aromatic nitrogens is 2. The van der Waals surface area contributed by atoms with Gasteiger partial charge in [-0.1, -0.05) is 29.8 Å². The predicted molar refractivity (Wildman–Crippen MR) is 109 cm³/mol. The average molecular weight is 392 g/mol. The fraction of sp³-hybridized carbons (Fsp3) is 0.273. The van der Waals surface area contributed by atoms with Crippen LogP contribution in [0.15, 0.2) is 48.9 Å². The predicted octanol–water partition coefficient (Wildman–Crippen LogP) is 2.38. The number of amides is 1. The molecule has 7 nitrogen and oxygen atoms in total. The van der Waals surface area contributed by atoms with Crippen LogP contribution in [-0.4, -0.2) is 45.1 Å². The number of H-pyrrole nitrogens is 1. The number of phenolic OH excluding ortho intramolecular Hbond substituents is 1. The van der Waals surface area contributed by atoms with Gasteiger partial charge in [0.2, 0.25) is 5.91 Å². The lowest BCUT2D eigenvalue weighted by Crippen LogP contribution is -2.45. The molecule has 0 saturated heterocycles. The SMILES string of the molecule is Cc1ccc(-c2cc(O)c3c(c2)CN(C(=O)[C@@H](N)Cc2cnc[nH]2)CCO3)cc1. The van der Waals surface area contributed by atoms with Gasteiger partial charge in [-0.2, -0.15) is 0 Å². The lowest BCUT2D eigenvalue weighted by Gasteiger charge is -2.23. The Balaban J connectivity index is 1.58. The zero-order valence-electron chi connectivity index (χ0n) is 16.3. The van der Waals surface area contributed by atoms with E-state index in [1.165, 1.54) is 5.56 Å². The van der Waals surface area contributed by atoms with Gasteiger partial charge in [0.15, 0.2) is 11.5 Å². The smallest absolute Gasteiger partial charge is 0.240 e. The number of aromatic hydroxyl groups is 1. The number of carbonyl (C=O) groups excluding carboxylic acids is 1. The van der Waals surface area contributed by atoms with Gasteiger partial charge in [0.25, 0.3) is 0 Å². The number of rotatable bonds is 4. The highest BCUT2D eigenvalue weighted by molar-refractivity contribution is 5.82. The second-order valence-electron chi connectivity index (χ2n) is 7.35. The summed E-state index contributed by atoms with van der Waals surface area (Å²) >= 11 is 0. The highest BCUT2D eigenvalue weighted by atomic mass is 16.5. The van der Waals surface area contributed by atoms with E-state index in [2.05, 4.69) is 9.97 Å². The number of nitrogens with zero attached hydrogens (tertiary/aromatic N) is 2. The monoisotopic (exact) mass is 392 g/mol. The fourth-order valence-electron chi connectivity index (χ4n) is 3.55. The van der Waals surface area contributed by atoms with E-state index in [1.54, 1.807) is 23.5 Å². The number of carbonyl (C=O) groups is 1. The first-order valence-electron chi connectivity index (χ1n) is 9.58. The van der Waals surface area contributed by atoms with Crippen LogP contribution in [0.1, 0.15) is 16.8 Å². The third-order valence-corrected chi connectivity index (χ3v) is 5.12. The number of benzene rings is 2. The number of nitrogens with two attached hydrogens (primary N) is 1. The molecule has 0 fully saturated rings. The van der Waals surface area contributed by atoms with Gasteiger partial charge in [0.1, 0.15) is 6.61 Å². The van der Waals surface area contributed by atoms with Crippen molar-refractivity contribution in [3.05, 3.63) is 65.7 Å².